The van der Waals surface area contributed by atoms with Gasteiger partial charge in [0.1, 0.15) is 5.75 Å². The zero-order valence-electron chi connectivity index (χ0n) is 10.8. The predicted molar refractivity (Wildman–Crippen MR) is 69.6 cm³/mol. The molecular formula is C14H19NO3. The second kappa shape index (κ2) is 5.29. The van der Waals surface area contributed by atoms with Gasteiger partial charge in [-0.1, -0.05) is 0 Å². The Morgan fingerprint density at radius 2 is 2.17 bits per heavy atom. The summed E-state index contributed by atoms with van der Waals surface area (Å²) in [7, 11) is 0. The highest BCUT2D eigenvalue weighted by molar-refractivity contribution is 5.95. The lowest BCUT2D eigenvalue weighted by molar-refractivity contribution is 0.0378. The summed E-state index contributed by atoms with van der Waals surface area (Å²) in [4.78, 5) is 11.8. The molecule has 0 heterocycles. The van der Waals surface area contributed by atoms with Crippen LogP contribution in [0.1, 0.15) is 37.0 Å². The number of hydrogen-bond donors (Lipinski definition) is 1. The van der Waals surface area contributed by atoms with Crippen LogP contribution in [0, 0.1) is 5.92 Å². The Bertz CT molecular complexity index is 439. The first-order valence-corrected chi connectivity index (χ1v) is 6.29. The summed E-state index contributed by atoms with van der Waals surface area (Å²) in [6.45, 7) is 4.33. The lowest BCUT2D eigenvalue weighted by atomic mass is 10.1. The van der Waals surface area contributed by atoms with E-state index in [0.717, 1.165) is 0 Å². The van der Waals surface area contributed by atoms with E-state index in [9.17, 15) is 4.79 Å². The minimum Gasteiger partial charge on any atom is -0.493 e. The lowest BCUT2D eigenvalue weighted by Gasteiger charge is -2.11. The zero-order valence-corrected chi connectivity index (χ0v) is 10.8. The molecule has 4 nitrogen and oxygen atoms in total. The second-order valence-electron chi connectivity index (χ2n) is 4.96. The van der Waals surface area contributed by atoms with Crippen LogP contribution in [0.25, 0.3) is 0 Å². The lowest BCUT2D eigenvalue weighted by Crippen LogP contribution is -2.13. The van der Waals surface area contributed by atoms with Crippen LogP contribution in [0.3, 0.4) is 0 Å². The predicted octanol–water partition coefficient (Wildman–Crippen LogP) is 2.62. The fourth-order valence-electron chi connectivity index (χ4n) is 1.58. The largest absolute Gasteiger partial charge is 0.493 e. The molecule has 1 aromatic rings. The maximum absolute atomic E-state index is 11.8. The topological polar surface area (TPSA) is 61.5 Å². The average Bonchev–Trinajstić information content (AvgIpc) is 3.10. The maximum atomic E-state index is 11.8. The Labute approximate surface area is 107 Å². The van der Waals surface area contributed by atoms with Crippen LogP contribution in [0.2, 0.25) is 0 Å². The molecule has 1 saturated carbocycles. The SMILES string of the molecule is CC(C)OC(=O)c1cc(OCC2CC2)ccc1N. The van der Waals surface area contributed by atoms with Crippen molar-refractivity contribution in [2.45, 2.75) is 32.8 Å². The third-order valence-electron chi connectivity index (χ3n) is 2.77. The van der Waals surface area contributed by atoms with Crippen molar-refractivity contribution < 1.29 is 14.3 Å². The normalized spacial score (nSPS) is 14.6. The summed E-state index contributed by atoms with van der Waals surface area (Å²) >= 11 is 0. The standard InChI is InChI=1S/C14H19NO3/c1-9(2)18-14(16)12-7-11(5-6-13(12)15)17-8-10-3-4-10/h5-7,9-10H,3-4,8,15H2,1-2H3. The summed E-state index contributed by atoms with van der Waals surface area (Å²) in [5.74, 6) is 0.944. The van der Waals surface area contributed by atoms with Crippen LogP contribution < -0.4 is 10.5 Å². The smallest absolute Gasteiger partial charge is 0.340 e. The van der Waals surface area contributed by atoms with Gasteiger partial charge in [-0.2, -0.15) is 0 Å². The van der Waals surface area contributed by atoms with Gasteiger partial charge in [0.05, 0.1) is 18.3 Å². The number of benzene rings is 1. The molecule has 0 spiro atoms. The Balaban J connectivity index is 2.07. The van der Waals surface area contributed by atoms with Crippen molar-refractivity contribution in [3.63, 3.8) is 0 Å². The molecule has 2 N–H and O–H groups in total. The Kier molecular flexibility index (Phi) is 3.75. The fraction of sp³-hybridized carbons (Fsp3) is 0.500. The van der Waals surface area contributed by atoms with Crippen LogP contribution >= 0.6 is 0 Å². The van der Waals surface area contributed by atoms with E-state index in [1.807, 2.05) is 13.8 Å². The number of nitrogens with two attached hydrogens (primary N) is 1. The minimum absolute atomic E-state index is 0.159. The summed E-state index contributed by atoms with van der Waals surface area (Å²) < 4.78 is 10.8. The van der Waals surface area contributed by atoms with Gasteiger partial charge in [0.15, 0.2) is 0 Å². The van der Waals surface area contributed by atoms with Crippen LogP contribution in [-0.2, 0) is 4.74 Å². The molecule has 1 aliphatic carbocycles. The first-order valence-electron chi connectivity index (χ1n) is 6.29. The number of hydrogen-bond acceptors (Lipinski definition) is 4. The van der Waals surface area contributed by atoms with Gasteiger partial charge in [-0.15, -0.1) is 0 Å². The van der Waals surface area contributed by atoms with Crippen molar-refractivity contribution in [3.05, 3.63) is 23.8 Å². The van der Waals surface area contributed by atoms with Gasteiger partial charge in [-0.05, 0) is 50.8 Å². The first-order chi connectivity index (χ1) is 8.56. The molecule has 18 heavy (non-hydrogen) atoms. The number of rotatable bonds is 5. The van der Waals surface area contributed by atoms with Crippen molar-refractivity contribution in [3.8, 4) is 5.75 Å². The quantitative estimate of drug-likeness (QED) is 0.643. The highest BCUT2D eigenvalue weighted by Gasteiger charge is 2.22. The molecule has 0 aromatic heterocycles. The van der Waals surface area contributed by atoms with Crippen LogP contribution in [-0.4, -0.2) is 18.7 Å². The summed E-state index contributed by atoms with van der Waals surface area (Å²) in [5, 5.41) is 0. The third kappa shape index (κ3) is 3.39. The maximum Gasteiger partial charge on any atom is 0.340 e. The summed E-state index contributed by atoms with van der Waals surface area (Å²) in [6.07, 6.45) is 2.31. The molecule has 0 bridgehead atoms. The minimum atomic E-state index is -0.403. The fourth-order valence-corrected chi connectivity index (χ4v) is 1.58. The second-order valence-corrected chi connectivity index (χ2v) is 4.96. The van der Waals surface area contributed by atoms with Gasteiger partial charge in [0.2, 0.25) is 0 Å². The molecule has 0 aliphatic heterocycles. The molecule has 0 unspecified atom stereocenters. The average molecular weight is 249 g/mol. The van der Waals surface area contributed by atoms with Crippen LogP contribution in [0.15, 0.2) is 18.2 Å². The zero-order chi connectivity index (χ0) is 13.1. The molecule has 1 aliphatic rings. The van der Waals surface area contributed by atoms with Crippen molar-refractivity contribution in [2.24, 2.45) is 5.92 Å². The number of carbonyl (C=O) groups excluding carboxylic acids is 1. The Hall–Kier alpha value is -1.71. The van der Waals surface area contributed by atoms with Crippen molar-refractivity contribution in [2.75, 3.05) is 12.3 Å². The van der Waals surface area contributed by atoms with Crippen LogP contribution in [0.4, 0.5) is 5.69 Å². The van der Waals surface area contributed by atoms with E-state index in [1.54, 1.807) is 18.2 Å². The number of nitrogen functional groups attached to an aromatic ring is 1. The van der Waals surface area contributed by atoms with Crippen molar-refractivity contribution in [1.29, 1.82) is 0 Å². The van der Waals surface area contributed by atoms with E-state index < -0.39 is 5.97 Å². The van der Waals surface area contributed by atoms with E-state index in [4.69, 9.17) is 15.2 Å². The number of esters is 1. The summed E-state index contributed by atoms with van der Waals surface area (Å²) in [6, 6.07) is 5.12. The Morgan fingerprint density at radius 3 is 2.78 bits per heavy atom. The molecule has 2 rings (SSSR count). The molecule has 0 saturated heterocycles. The van der Waals surface area contributed by atoms with Gasteiger partial charge in [-0.25, -0.2) is 4.79 Å². The van der Waals surface area contributed by atoms with Gasteiger partial charge in [0, 0.05) is 5.69 Å². The molecule has 1 fully saturated rings. The molecule has 0 atom stereocenters. The van der Waals surface area contributed by atoms with E-state index >= 15 is 0 Å². The molecule has 98 valence electrons. The van der Waals surface area contributed by atoms with Crippen LogP contribution in [0.5, 0.6) is 5.75 Å². The molecule has 0 amide bonds. The molecule has 1 aromatic carbocycles. The number of anilines is 1. The van der Waals surface area contributed by atoms with E-state index in [1.165, 1.54) is 12.8 Å². The molecular weight excluding hydrogens is 230 g/mol. The van der Waals surface area contributed by atoms with Crippen molar-refractivity contribution in [1.82, 2.24) is 0 Å². The first kappa shape index (κ1) is 12.7. The highest BCUT2D eigenvalue weighted by atomic mass is 16.5. The van der Waals surface area contributed by atoms with Gasteiger partial charge in [0.25, 0.3) is 0 Å². The Morgan fingerprint density at radius 1 is 1.44 bits per heavy atom. The number of ether oxygens (including phenoxy) is 2. The molecule has 0 radical (unpaired) electrons. The highest BCUT2D eigenvalue weighted by Crippen LogP contribution is 2.30. The van der Waals surface area contributed by atoms with E-state index in [0.29, 0.717) is 29.5 Å². The summed E-state index contributed by atoms with van der Waals surface area (Å²) in [5.41, 5.74) is 6.57. The monoisotopic (exact) mass is 249 g/mol. The third-order valence-corrected chi connectivity index (χ3v) is 2.77. The van der Waals surface area contributed by atoms with E-state index in [-0.39, 0.29) is 6.10 Å². The van der Waals surface area contributed by atoms with E-state index in [2.05, 4.69) is 0 Å². The van der Waals surface area contributed by atoms with Gasteiger partial charge < -0.3 is 15.2 Å². The van der Waals surface area contributed by atoms with Crippen molar-refractivity contribution >= 4 is 11.7 Å². The number of carbonyl (C=O) groups is 1. The van der Waals surface area contributed by atoms with Gasteiger partial charge in [-0.3, -0.25) is 0 Å². The van der Waals surface area contributed by atoms with Gasteiger partial charge >= 0.3 is 5.97 Å². The molecule has 4 heteroatoms.